The van der Waals surface area contributed by atoms with Crippen molar-refractivity contribution < 1.29 is 14.3 Å². The number of rotatable bonds is 8. The molecule has 0 saturated carbocycles. The standard InChI is InChI=1S/C28H36N8O3/c1-20-19-39-12-11-35(20)17-22-13-21-5-4-9-36(27(21)32-25(22)18-37)28(38)33-26-14-24(23(15-29)16-31-26)30-6-10-34-7-2-3-8-34/h13-14,16,18,20H,2-12,17,19H2,1H3,(H2,30,31,33,38). The summed E-state index contributed by atoms with van der Waals surface area (Å²) < 4.78 is 5.54. The van der Waals surface area contributed by atoms with Crippen LogP contribution in [0.15, 0.2) is 18.3 Å². The molecule has 3 aliphatic heterocycles. The molecule has 0 spiro atoms. The van der Waals surface area contributed by atoms with Gasteiger partial charge in [-0.15, -0.1) is 0 Å². The van der Waals surface area contributed by atoms with Gasteiger partial charge in [0.2, 0.25) is 0 Å². The molecule has 2 saturated heterocycles. The van der Waals surface area contributed by atoms with Crippen LogP contribution in [0.1, 0.15) is 53.4 Å². The second kappa shape index (κ2) is 12.5. The predicted octanol–water partition coefficient (Wildman–Crippen LogP) is 2.87. The second-order valence-electron chi connectivity index (χ2n) is 10.4. The zero-order valence-electron chi connectivity index (χ0n) is 22.5. The number of aldehydes is 1. The van der Waals surface area contributed by atoms with Crippen molar-refractivity contribution in [3.8, 4) is 6.07 Å². The van der Waals surface area contributed by atoms with Crippen LogP contribution in [0.2, 0.25) is 0 Å². The van der Waals surface area contributed by atoms with Gasteiger partial charge in [0.25, 0.3) is 0 Å². The highest BCUT2D eigenvalue weighted by atomic mass is 16.5. The van der Waals surface area contributed by atoms with Crippen molar-refractivity contribution in [2.75, 3.05) is 68.0 Å². The van der Waals surface area contributed by atoms with Crippen LogP contribution in [0.5, 0.6) is 0 Å². The number of morpholine rings is 1. The lowest BCUT2D eigenvalue weighted by molar-refractivity contribution is -0.00448. The number of ether oxygens (including phenoxy) is 1. The zero-order valence-corrected chi connectivity index (χ0v) is 22.5. The van der Waals surface area contributed by atoms with Gasteiger partial charge in [-0.1, -0.05) is 0 Å². The molecule has 2 N–H and O–H groups in total. The minimum atomic E-state index is -0.366. The molecule has 206 valence electrons. The van der Waals surface area contributed by atoms with Gasteiger partial charge in [0, 0.05) is 51.0 Å². The quantitative estimate of drug-likeness (QED) is 0.494. The van der Waals surface area contributed by atoms with Crippen molar-refractivity contribution in [3.63, 3.8) is 0 Å². The Bertz CT molecular complexity index is 1240. The minimum Gasteiger partial charge on any atom is -0.383 e. The van der Waals surface area contributed by atoms with Crippen LogP contribution in [0.4, 0.5) is 22.1 Å². The molecule has 1 unspecified atom stereocenters. The van der Waals surface area contributed by atoms with Crippen molar-refractivity contribution in [1.29, 1.82) is 5.26 Å². The Hall–Kier alpha value is -3.59. The van der Waals surface area contributed by atoms with E-state index >= 15 is 0 Å². The van der Waals surface area contributed by atoms with Gasteiger partial charge in [0.05, 0.1) is 24.5 Å². The number of likely N-dealkylation sites (tertiary alicyclic amines) is 1. The lowest BCUT2D eigenvalue weighted by Gasteiger charge is -2.34. The number of nitriles is 1. The summed E-state index contributed by atoms with van der Waals surface area (Å²) in [7, 11) is 0. The molecule has 11 nitrogen and oxygen atoms in total. The van der Waals surface area contributed by atoms with Gasteiger partial charge in [-0.05, 0) is 62.9 Å². The molecule has 2 aromatic rings. The fraction of sp³-hybridized carbons (Fsp3) is 0.536. The van der Waals surface area contributed by atoms with E-state index in [4.69, 9.17) is 4.74 Å². The summed E-state index contributed by atoms with van der Waals surface area (Å²) in [5.74, 6) is 0.862. The molecule has 1 atom stereocenters. The molecule has 2 aromatic heterocycles. The Balaban J connectivity index is 1.29. The van der Waals surface area contributed by atoms with E-state index in [9.17, 15) is 14.9 Å². The summed E-state index contributed by atoms with van der Waals surface area (Å²) in [6.07, 6.45) is 6.28. The monoisotopic (exact) mass is 532 g/mol. The number of hydrogen-bond donors (Lipinski definition) is 2. The number of hydrogen-bond acceptors (Lipinski definition) is 9. The topological polar surface area (TPSA) is 127 Å². The second-order valence-corrected chi connectivity index (χ2v) is 10.4. The number of aromatic nitrogens is 2. The lowest BCUT2D eigenvalue weighted by Crippen LogP contribution is -2.43. The van der Waals surface area contributed by atoms with E-state index in [1.54, 1.807) is 11.0 Å². The Morgan fingerprint density at radius 2 is 2.08 bits per heavy atom. The van der Waals surface area contributed by atoms with E-state index in [-0.39, 0.29) is 12.1 Å². The number of anilines is 3. The summed E-state index contributed by atoms with van der Waals surface area (Å²) in [4.78, 5) is 40.6. The Morgan fingerprint density at radius 1 is 1.23 bits per heavy atom. The third-order valence-corrected chi connectivity index (χ3v) is 7.71. The molecule has 39 heavy (non-hydrogen) atoms. The number of amides is 2. The first-order valence-electron chi connectivity index (χ1n) is 13.8. The summed E-state index contributed by atoms with van der Waals surface area (Å²) in [5.41, 5.74) is 3.25. The third kappa shape index (κ3) is 6.36. The van der Waals surface area contributed by atoms with Crippen LogP contribution in [0.25, 0.3) is 0 Å². The highest BCUT2D eigenvalue weighted by Crippen LogP contribution is 2.29. The number of aryl methyl sites for hydroxylation is 1. The first kappa shape index (κ1) is 27.0. The molecular weight excluding hydrogens is 496 g/mol. The van der Waals surface area contributed by atoms with E-state index < -0.39 is 0 Å². The normalized spacial score (nSPS) is 19.8. The predicted molar refractivity (Wildman–Crippen MR) is 148 cm³/mol. The molecule has 2 fully saturated rings. The van der Waals surface area contributed by atoms with Gasteiger partial charge in [-0.2, -0.15) is 5.26 Å². The zero-order chi connectivity index (χ0) is 27.2. The maximum absolute atomic E-state index is 13.4. The number of nitrogens with zero attached hydrogens (tertiary/aromatic N) is 6. The maximum Gasteiger partial charge on any atom is 0.328 e. The smallest absolute Gasteiger partial charge is 0.328 e. The van der Waals surface area contributed by atoms with E-state index in [0.29, 0.717) is 61.4 Å². The van der Waals surface area contributed by atoms with Crippen molar-refractivity contribution in [2.24, 2.45) is 0 Å². The molecule has 0 aromatic carbocycles. The first-order chi connectivity index (χ1) is 19.1. The molecule has 5 rings (SSSR count). The van der Waals surface area contributed by atoms with Crippen LogP contribution in [-0.2, 0) is 17.7 Å². The Labute approximate surface area is 229 Å². The van der Waals surface area contributed by atoms with E-state index in [1.165, 1.54) is 19.0 Å². The van der Waals surface area contributed by atoms with Crippen molar-refractivity contribution in [3.05, 3.63) is 40.7 Å². The van der Waals surface area contributed by atoms with E-state index in [0.717, 1.165) is 56.4 Å². The number of fused-ring (bicyclic) bond motifs is 1. The molecule has 0 radical (unpaired) electrons. The van der Waals surface area contributed by atoms with Gasteiger partial charge >= 0.3 is 6.03 Å². The SMILES string of the molecule is CC1COCCN1Cc1cc2c(nc1C=O)N(C(=O)Nc1cc(NCCN3CCCC3)c(C#N)cn1)CCC2. The summed E-state index contributed by atoms with van der Waals surface area (Å²) in [6.45, 7) is 9.18. The van der Waals surface area contributed by atoms with Crippen LogP contribution in [0.3, 0.4) is 0 Å². The number of pyridine rings is 2. The summed E-state index contributed by atoms with van der Waals surface area (Å²) in [5, 5.41) is 15.7. The number of urea groups is 1. The maximum atomic E-state index is 13.4. The minimum absolute atomic E-state index is 0.260. The van der Waals surface area contributed by atoms with Crippen molar-refractivity contribution in [2.45, 2.75) is 45.2 Å². The molecule has 0 aliphatic carbocycles. The number of carbonyl (C=O) groups excluding carboxylic acids is 2. The molecule has 0 bridgehead atoms. The lowest BCUT2D eigenvalue weighted by atomic mass is 10.0. The fourth-order valence-corrected chi connectivity index (χ4v) is 5.49. The van der Waals surface area contributed by atoms with Gasteiger partial charge in [0.15, 0.2) is 6.29 Å². The summed E-state index contributed by atoms with van der Waals surface area (Å²) >= 11 is 0. The Kier molecular flexibility index (Phi) is 8.66. The van der Waals surface area contributed by atoms with Gasteiger partial charge in [-0.25, -0.2) is 14.8 Å². The van der Waals surface area contributed by atoms with Crippen molar-refractivity contribution >= 4 is 29.6 Å². The molecular formula is C28H36N8O3. The first-order valence-corrected chi connectivity index (χ1v) is 13.8. The van der Waals surface area contributed by atoms with Crippen LogP contribution >= 0.6 is 0 Å². The highest BCUT2D eigenvalue weighted by molar-refractivity contribution is 6.01. The highest BCUT2D eigenvalue weighted by Gasteiger charge is 2.28. The van der Waals surface area contributed by atoms with Crippen molar-refractivity contribution in [1.82, 2.24) is 19.8 Å². The number of nitrogens with one attached hydrogen (secondary N) is 2. The average molecular weight is 533 g/mol. The largest absolute Gasteiger partial charge is 0.383 e. The van der Waals surface area contributed by atoms with Crippen LogP contribution in [-0.4, -0.2) is 90.6 Å². The van der Waals surface area contributed by atoms with Gasteiger partial charge in [0.1, 0.15) is 23.4 Å². The van der Waals surface area contributed by atoms with E-state index in [2.05, 4.69) is 43.4 Å². The fourth-order valence-electron chi connectivity index (χ4n) is 5.49. The molecule has 3 aliphatic rings. The number of carbonyl (C=O) groups is 2. The van der Waals surface area contributed by atoms with Gasteiger partial charge < -0.3 is 15.0 Å². The summed E-state index contributed by atoms with van der Waals surface area (Å²) in [6, 6.07) is 5.78. The van der Waals surface area contributed by atoms with E-state index in [1.807, 2.05) is 6.07 Å². The molecule has 5 heterocycles. The van der Waals surface area contributed by atoms with Crippen LogP contribution < -0.4 is 15.5 Å². The average Bonchev–Trinajstić information content (AvgIpc) is 3.47. The molecule has 2 amide bonds. The van der Waals surface area contributed by atoms with Crippen LogP contribution in [0, 0.1) is 11.3 Å². The van der Waals surface area contributed by atoms with Gasteiger partial charge in [-0.3, -0.25) is 19.9 Å². The molecule has 11 heteroatoms. The third-order valence-electron chi connectivity index (χ3n) is 7.71. The Morgan fingerprint density at radius 3 is 2.85 bits per heavy atom.